The SMILES string of the molecule is CC(=O)Oc1cc2c(cc1Cl)C1(OC(=O)c3cc(C(=O)O)ccc31)c1cc(Cl)c(OC(C)=O)cc1O2.CC(=O)Oc1cc2c(cc1Cl)C1(OC(=O)c3ccc(C(=O)O)cc31)c1cc(Cl)c(OC(C)=O)cc1O2. The highest BCUT2D eigenvalue weighted by Crippen LogP contribution is 2.61. The second-order valence-electron chi connectivity index (χ2n) is 16.0. The van der Waals surface area contributed by atoms with Gasteiger partial charge in [-0.2, -0.15) is 0 Å². The first-order valence-electron chi connectivity index (χ1n) is 20.7. The number of esters is 6. The van der Waals surface area contributed by atoms with Crippen molar-refractivity contribution in [3.63, 3.8) is 0 Å². The van der Waals surface area contributed by atoms with E-state index in [0.717, 1.165) is 0 Å². The van der Waals surface area contributed by atoms with E-state index in [4.69, 9.17) is 84.3 Å². The number of hydrogen-bond acceptors (Lipinski definition) is 16. The Morgan fingerprint density at radius 2 is 0.736 bits per heavy atom. The van der Waals surface area contributed by atoms with Gasteiger partial charge in [0.05, 0.1) is 42.3 Å². The number of ether oxygens (including phenoxy) is 8. The number of carboxylic acid groups (broad SMARTS) is 2. The van der Waals surface area contributed by atoms with Gasteiger partial charge < -0.3 is 48.1 Å². The van der Waals surface area contributed by atoms with Crippen LogP contribution < -0.4 is 28.4 Å². The summed E-state index contributed by atoms with van der Waals surface area (Å²) in [5.41, 5.74) is -1.86. The number of carboxylic acids is 2. The Morgan fingerprint density at radius 3 is 1.08 bits per heavy atom. The molecule has 18 nitrogen and oxygen atoms in total. The second kappa shape index (κ2) is 17.9. The Bertz CT molecular complexity index is 3370. The molecule has 0 radical (unpaired) electrons. The average molecular weight is 1060 g/mol. The molecule has 6 aromatic rings. The molecule has 22 heteroatoms. The fourth-order valence-electron chi connectivity index (χ4n) is 8.63. The molecule has 0 saturated carbocycles. The maximum absolute atomic E-state index is 13.1. The van der Waals surface area contributed by atoms with Crippen LogP contribution in [0.25, 0.3) is 0 Å². The molecule has 10 rings (SSSR count). The van der Waals surface area contributed by atoms with Gasteiger partial charge in [-0.1, -0.05) is 52.5 Å². The van der Waals surface area contributed by atoms with Crippen molar-refractivity contribution < 1.29 is 86.5 Å². The smallest absolute Gasteiger partial charge is 0.340 e. The molecule has 72 heavy (non-hydrogen) atoms. The van der Waals surface area contributed by atoms with Crippen LogP contribution in [0.4, 0.5) is 0 Å². The van der Waals surface area contributed by atoms with Crippen molar-refractivity contribution in [3.05, 3.63) is 161 Å². The first kappa shape index (κ1) is 48.8. The van der Waals surface area contributed by atoms with Gasteiger partial charge in [0.2, 0.25) is 0 Å². The van der Waals surface area contributed by atoms with Gasteiger partial charge >= 0.3 is 47.8 Å². The normalized spacial score (nSPS) is 14.2. The highest BCUT2D eigenvalue weighted by atomic mass is 35.5. The quantitative estimate of drug-likeness (QED) is 0.116. The van der Waals surface area contributed by atoms with Crippen LogP contribution in [0.3, 0.4) is 0 Å². The first-order chi connectivity index (χ1) is 34.0. The van der Waals surface area contributed by atoms with E-state index in [1.807, 2.05) is 0 Å². The third kappa shape index (κ3) is 8.13. The van der Waals surface area contributed by atoms with Crippen LogP contribution in [0.1, 0.15) is 103 Å². The summed E-state index contributed by atoms with van der Waals surface area (Å²) in [5, 5.41) is 19.1. The summed E-state index contributed by atoms with van der Waals surface area (Å²) in [5.74, 6) is -6.02. The van der Waals surface area contributed by atoms with Crippen molar-refractivity contribution in [1.82, 2.24) is 0 Å². The zero-order chi connectivity index (χ0) is 51.9. The van der Waals surface area contributed by atoms with E-state index in [0.29, 0.717) is 5.56 Å². The molecule has 4 aliphatic heterocycles. The summed E-state index contributed by atoms with van der Waals surface area (Å²) >= 11 is 25.6. The van der Waals surface area contributed by atoms with Gasteiger partial charge in [0.1, 0.15) is 23.0 Å². The monoisotopic (exact) mass is 1060 g/mol. The topological polar surface area (TPSA) is 251 Å². The Labute approximate surface area is 424 Å². The molecule has 0 aromatic heterocycles. The van der Waals surface area contributed by atoms with E-state index in [9.17, 15) is 48.6 Å². The van der Waals surface area contributed by atoms with Crippen molar-refractivity contribution >= 4 is 94.2 Å². The molecule has 4 heterocycles. The highest BCUT2D eigenvalue weighted by Gasteiger charge is 2.56. The zero-order valence-electron chi connectivity index (χ0n) is 37.0. The molecule has 0 bridgehead atoms. The van der Waals surface area contributed by atoms with Crippen molar-refractivity contribution in [2.75, 3.05) is 0 Å². The number of carbonyl (C=O) groups excluding carboxylic acids is 6. The van der Waals surface area contributed by atoms with Gasteiger partial charge in [-0.25, -0.2) is 19.2 Å². The maximum atomic E-state index is 13.1. The molecule has 0 amide bonds. The van der Waals surface area contributed by atoms with Gasteiger partial charge in [0.15, 0.2) is 34.2 Å². The third-order valence-electron chi connectivity index (χ3n) is 11.3. The summed E-state index contributed by atoms with van der Waals surface area (Å²) < 4.78 is 44.6. The van der Waals surface area contributed by atoms with Crippen molar-refractivity contribution in [2.24, 2.45) is 0 Å². The van der Waals surface area contributed by atoms with Crippen LogP contribution in [0.15, 0.2) is 84.9 Å². The summed E-state index contributed by atoms with van der Waals surface area (Å²) in [6.07, 6.45) is 0. The standard InChI is InChI=1S/2C25H14Cl2O9/c1-10(28)33-21-8-19-15(6-17(21)26)25(14-4-3-12(23(30)31)5-13(14)24(32)36-25)16-7-18(27)22(34-11(2)29)9-20(16)35-19;1-10(28)33-21-8-19-15(6-17(21)26)25(14-5-12(23(30)31)3-4-13(14)24(32)36-25)16-7-18(27)22(34-11(2)29)9-20(16)35-19/h2*3-9H,1-2H3,(H,30,31). The molecule has 6 aromatic carbocycles. The Hall–Kier alpha value is -8.16. The number of halogens is 4. The Morgan fingerprint density at radius 1 is 0.417 bits per heavy atom. The van der Waals surface area contributed by atoms with Gasteiger partial charge in [-0.15, -0.1) is 0 Å². The average Bonchev–Trinajstić information content (AvgIpc) is 3.76. The van der Waals surface area contributed by atoms with Crippen molar-refractivity contribution in [3.8, 4) is 46.0 Å². The summed E-state index contributed by atoms with van der Waals surface area (Å²) in [4.78, 5) is 95.6. The molecular formula is C50H28Cl4O18. The molecule has 2 spiro atoms. The molecule has 0 atom stereocenters. The lowest BCUT2D eigenvalue weighted by Crippen LogP contribution is -2.33. The third-order valence-corrected chi connectivity index (χ3v) is 12.5. The lowest BCUT2D eigenvalue weighted by molar-refractivity contribution is -0.132. The Kier molecular flexibility index (Phi) is 12.1. The first-order valence-corrected chi connectivity index (χ1v) is 22.2. The van der Waals surface area contributed by atoms with E-state index in [-0.39, 0.29) is 116 Å². The van der Waals surface area contributed by atoms with Crippen molar-refractivity contribution in [1.29, 1.82) is 0 Å². The van der Waals surface area contributed by atoms with Gasteiger partial charge in [0, 0.05) is 85.3 Å². The number of hydrogen-bond donors (Lipinski definition) is 2. The van der Waals surface area contributed by atoms with Crippen LogP contribution in [-0.4, -0.2) is 58.0 Å². The van der Waals surface area contributed by atoms with E-state index >= 15 is 0 Å². The minimum absolute atomic E-state index is 0.00135. The van der Waals surface area contributed by atoms with E-state index in [1.54, 1.807) is 0 Å². The number of aromatic carboxylic acids is 2. The molecule has 0 saturated heterocycles. The summed E-state index contributed by atoms with van der Waals surface area (Å²) in [7, 11) is 0. The molecule has 2 N–H and O–H groups in total. The minimum Gasteiger partial charge on any atom is -0.478 e. The predicted octanol–water partition coefficient (Wildman–Crippen LogP) is 10.2. The minimum atomic E-state index is -1.72. The molecule has 0 fully saturated rings. The van der Waals surface area contributed by atoms with Crippen LogP contribution in [-0.2, 0) is 39.9 Å². The number of benzene rings is 6. The Balaban J connectivity index is 0.000000178. The number of rotatable bonds is 6. The van der Waals surface area contributed by atoms with Crippen molar-refractivity contribution in [2.45, 2.75) is 38.9 Å². The fraction of sp³-hybridized carbons (Fsp3) is 0.120. The van der Waals surface area contributed by atoms with Gasteiger partial charge in [-0.3, -0.25) is 19.2 Å². The number of carbonyl (C=O) groups is 8. The second-order valence-corrected chi connectivity index (χ2v) is 17.6. The van der Waals surface area contributed by atoms with E-state index in [1.165, 1.54) is 113 Å². The largest absolute Gasteiger partial charge is 0.478 e. The lowest BCUT2D eigenvalue weighted by Gasteiger charge is -2.37. The fourth-order valence-corrected chi connectivity index (χ4v) is 9.44. The zero-order valence-corrected chi connectivity index (χ0v) is 40.0. The maximum Gasteiger partial charge on any atom is 0.340 e. The van der Waals surface area contributed by atoms with Crippen LogP contribution >= 0.6 is 46.4 Å². The van der Waals surface area contributed by atoms with Crippen LogP contribution in [0.2, 0.25) is 20.1 Å². The molecule has 0 unspecified atom stereocenters. The molecular weight excluding hydrogens is 1030 g/mol. The van der Waals surface area contributed by atoms with Crippen LogP contribution in [0, 0.1) is 0 Å². The summed E-state index contributed by atoms with van der Waals surface area (Å²) in [6.45, 7) is 4.80. The molecule has 4 aliphatic rings. The number of fused-ring (bicyclic) bond motifs is 12. The van der Waals surface area contributed by atoms with Crippen LogP contribution in [0.5, 0.6) is 46.0 Å². The lowest BCUT2D eigenvalue weighted by atomic mass is 9.77. The van der Waals surface area contributed by atoms with E-state index < -0.39 is 59.0 Å². The highest BCUT2D eigenvalue weighted by molar-refractivity contribution is 6.33. The summed E-state index contributed by atoms with van der Waals surface area (Å²) in [6, 6.07) is 19.1. The predicted molar refractivity (Wildman–Crippen MR) is 249 cm³/mol. The van der Waals surface area contributed by atoms with E-state index in [2.05, 4.69) is 0 Å². The van der Waals surface area contributed by atoms with Gasteiger partial charge in [0.25, 0.3) is 0 Å². The molecule has 364 valence electrons. The van der Waals surface area contributed by atoms with Gasteiger partial charge in [-0.05, 0) is 54.6 Å². The molecule has 0 aliphatic carbocycles.